The van der Waals surface area contributed by atoms with Crippen LogP contribution in [-0.4, -0.2) is 41.7 Å². The monoisotopic (exact) mass is 227 g/mol. The van der Waals surface area contributed by atoms with Crippen molar-refractivity contribution >= 4 is 5.82 Å². The SMILES string of the molecule is CCOCCN(C)c1c(CO)c(C)nn1C. The molecule has 0 aliphatic rings. The highest BCUT2D eigenvalue weighted by Gasteiger charge is 2.15. The van der Waals surface area contributed by atoms with Crippen molar-refractivity contribution in [3.8, 4) is 0 Å². The van der Waals surface area contributed by atoms with Crippen LogP contribution < -0.4 is 4.90 Å². The minimum absolute atomic E-state index is 0.0218. The summed E-state index contributed by atoms with van der Waals surface area (Å²) in [7, 11) is 3.87. The van der Waals surface area contributed by atoms with E-state index < -0.39 is 0 Å². The molecule has 5 heteroatoms. The molecule has 16 heavy (non-hydrogen) atoms. The minimum atomic E-state index is 0.0218. The highest BCUT2D eigenvalue weighted by atomic mass is 16.5. The Hall–Kier alpha value is -1.07. The predicted octanol–water partition coefficient (Wildman–Crippen LogP) is 0.694. The number of aliphatic hydroxyl groups is 1. The van der Waals surface area contributed by atoms with Gasteiger partial charge in [-0.3, -0.25) is 4.68 Å². The molecule has 0 saturated carbocycles. The van der Waals surface area contributed by atoms with Crippen molar-refractivity contribution in [2.45, 2.75) is 20.5 Å². The fourth-order valence-electron chi connectivity index (χ4n) is 1.80. The molecule has 0 aliphatic carbocycles. The second kappa shape index (κ2) is 5.86. The first-order chi connectivity index (χ1) is 7.61. The van der Waals surface area contributed by atoms with Gasteiger partial charge in [-0.25, -0.2) is 0 Å². The Morgan fingerprint density at radius 3 is 2.75 bits per heavy atom. The van der Waals surface area contributed by atoms with E-state index in [1.54, 1.807) is 4.68 Å². The first-order valence-electron chi connectivity index (χ1n) is 5.54. The maximum atomic E-state index is 9.32. The number of aryl methyl sites for hydroxylation is 2. The summed E-state index contributed by atoms with van der Waals surface area (Å²) >= 11 is 0. The molecule has 1 heterocycles. The highest BCUT2D eigenvalue weighted by Crippen LogP contribution is 2.21. The second-order valence-electron chi connectivity index (χ2n) is 3.79. The molecule has 0 bridgehead atoms. The zero-order chi connectivity index (χ0) is 12.1. The van der Waals surface area contributed by atoms with Crippen LogP contribution in [0.2, 0.25) is 0 Å². The molecule has 0 saturated heterocycles. The lowest BCUT2D eigenvalue weighted by Crippen LogP contribution is -2.25. The maximum absolute atomic E-state index is 9.32. The van der Waals surface area contributed by atoms with Gasteiger partial charge < -0.3 is 14.7 Å². The van der Waals surface area contributed by atoms with Crippen molar-refractivity contribution in [2.24, 2.45) is 7.05 Å². The molecule has 0 fully saturated rings. The summed E-state index contributed by atoms with van der Waals surface area (Å²) in [6.45, 7) is 6.11. The summed E-state index contributed by atoms with van der Waals surface area (Å²) in [6.07, 6.45) is 0. The van der Waals surface area contributed by atoms with Crippen LogP contribution in [0.1, 0.15) is 18.2 Å². The lowest BCUT2D eigenvalue weighted by Gasteiger charge is -2.20. The molecule has 1 aromatic rings. The van der Waals surface area contributed by atoms with E-state index in [1.165, 1.54) is 0 Å². The average molecular weight is 227 g/mol. The molecule has 0 amide bonds. The molecule has 0 unspecified atom stereocenters. The van der Waals surface area contributed by atoms with Crippen molar-refractivity contribution in [2.75, 3.05) is 31.7 Å². The Kier molecular flexibility index (Phi) is 4.76. The number of nitrogens with zero attached hydrogens (tertiary/aromatic N) is 3. The fourth-order valence-corrected chi connectivity index (χ4v) is 1.80. The summed E-state index contributed by atoms with van der Waals surface area (Å²) in [5.74, 6) is 0.958. The van der Waals surface area contributed by atoms with Gasteiger partial charge in [0.05, 0.1) is 18.9 Å². The van der Waals surface area contributed by atoms with E-state index in [2.05, 4.69) is 10.00 Å². The molecule has 1 rings (SSSR count). The van der Waals surface area contributed by atoms with Crippen LogP contribution in [0.25, 0.3) is 0 Å². The molecule has 1 N–H and O–H groups in total. The van der Waals surface area contributed by atoms with Crippen molar-refractivity contribution in [3.63, 3.8) is 0 Å². The Morgan fingerprint density at radius 2 is 2.19 bits per heavy atom. The van der Waals surface area contributed by atoms with Crippen LogP contribution in [0.4, 0.5) is 5.82 Å². The standard InChI is InChI=1S/C11H21N3O2/c1-5-16-7-6-13(3)11-10(8-15)9(2)12-14(11)4/h15H,5-8H2,1-4H3. The van der Waals surface area contributed by atoms with Gasteiger partial charge in [0.2, 0.25) is 0 Å². The van der Waals surface area contributed by atoms with E-state index in [0.717, 1.165) is 30.2 Å². The number of hydrogen-bond donors (Lipinski definition) is 1. The lowest BCUT2D eigenvalue weighted by atomic mass is 10.2. The molecule has 92 valence electrons. The first kappa shape index (κ1) is 13.0. The highest BCUT2D eigenvalue weighted by molar-refractivity contribution is 5.49. The number of rotatable bonds is 6. The van der Waals surface area contributed by atoms with E-state index in [9.17, 15) is 5.11 Å². The molecule has 0 radical (unpaired) electrons. The summed E-state index contributed by atoms with van der Waals surface area (Å²) < 4.78 is 7.11. The van der Waals surface area contributed by atoms with E-state index in [4.69, 9.17) is 4.74 Å². The van der Waals surface area contributed by atoms with Crippen molar-refractivity contribution in [1.82, 2.24) is 9.78 Å². The summed E-state index contributed by atoms with van der Waals surface area (Å²) in [4.78, 5) is 2.06. The molecule has 5 nitrogen and oxygen atoms in total. The largest absolute Gasteiger partial charge is 0.391 e. The molecule has 0 atom stereocenters. The quantitative estimate of drug-likeness (QED) is 0.727. The zero-order valence-electron chi connectivity index (χ0n) is 10.5. The number of hydrogen-bond acceptors (Lipinski definition) is 4. The molecular weight excluding hydrogens is 206 g/mol. The van der Waals surface area contributed by atoms with Crippen LogP contribution in [0.3, 0.4) is 0 Å². The van der Waals surface area contributed by atoms with E-state index in [-0.39, 0.29) is 6.61 Å². The Labute approximate surface area is 96.6 Å². The van der Waals surface area contributed by atoms with Gasteiger partial charge in [0, 0.05) is 32.8 Å². The van der Waals surface area contributed by atoms with Crippen LogP contribution in [-0.2, 0) is 18.4 Å². The first-order valence-corrected chi connectivity index (χ1v) is 5.54. The van der Waals surface area contributed by atoms with Crippen LogP contribution in [0, 0.1) is 6.92 Å². The van der Waals surface area contributed by atoms with Gasteiger partial charge in [0.15, 0.2) is 0 Å². The molecular formula is C11H21N3O2. The van der Waals surface area contributed by atoms with Gasteiger partial charge in [0.25, 0.3) is 0 Å². The summed E-state index contributed by atoms with van der Waals surface area (Å²) in [5.41, 5.74) is 1.77. The summed E-state index contributed by atoms with van der Waals surface area (Å²) in [5, 5.41) is 13.6. The zero-order valence-corrected chi connectivity index (χ0v) is 10.5. The van der Waals surface area contributed by atoms with Crippen LogP contribution in [0.5, 0.6) is 0 Å². The minimum Gasteiger partial charge on any atom is -0.391 e. The number of ether oxygens (including phenoxy) is 1. The predicted molar refractivity (Wildman–Crippen MR) is 63.6 cm³/mol. The van der Waals surface area contributed by atoms with E-state index >= 15 is 0 Å². The number of likely N-dealkylation sites (N-methyl/N-ethyl adjacent to an activating group) is 1. The smallest absolute Gasteiger partial charge is 0.132 e. The third-order valence-electron chi connectivity index (χ3n) is 2.61. The van der Waals surface area contributed by atoms with E-state index in [0.29, 0.717) is 6.61 Å². The van der Waals surface area contributed by atoms with Gasteiger partial charge in [-0.1, -0.05) is 0 Å². The van der Waals surface area contributed by atoms with Gasteiger partial charge in [0.1, 0.15) is 5.82 Å². The maximum Gasteiger partial charge on any atom is 0.132 e. The number of anilines is 1. The van der Waals surface area contributed by atoms with Crippen molar-refractivity contribution in [3.05, 3.63) is 11.3 Å². The Morgan fingerprint density at radius 1 is 1.50 bits per heavy atom. The average Bonchev–Trinajstić information content (AvgIpc) is 2.53. The molecule has 0 spiro atoms. The topological polar surface area (TPSA) is 50.5 Å². The summed E-state index contributed by atoms with van der Waals surface area (Å²) in [6, 6.07) is 0. The third-order valence-corrected chi connectivity index (χ3v) is 2.61. The number of aromatic nitrogens is 2. The molecule has 0 aromatic carbocycles. The third kappa shape index (κ3) is 2.74. The Balaban J connectivity index is 2.77. The normalized spacial score (nSPS) is 10.8. The van der Waals surface area contributed by atoms with Crippen molar-refractivity contribution < 1.29 is 9.84 Å². The Bertz CT molecular complexity index is 336. The van der Waals surface area contributed by atoms with Gasteiger partial charge in [-0.05, 0) is 13.8 Å². The molecule has 1 aromatic heterocycles. The van der Waals surface area contributed by atoms with Crippen LogP contribution in [0.15, 0.2) is 0 Å². The molecule has 0 aliphatic heterocycles. The van der Waals surface area contributed by atoms with E-state index in [1.807, 2.05) is 27.9 Å². The lowest BCUT2D eigenvalue weighted by molar-refractivity contribution is 0.154. The van der Waals surface area contributed by atoms with Gasteiger partial charge >= 0.3 is 0 Å². The van der Waals surface area contributed by atoms with Gasteiger partial charge in [-0.2, -0.15) is 5.10 Å². The van der Waals surface area contributed by atoms with Gasteiger partial charge in [-0.15, -0.1) is 0 Å². The van der Waals surface area contributed by atoms with Crippen molar-refractivity contribution in [1.29, 1.82) is 0 Å². The second-order valence-corrected chi connectivity index (χ2v) is 3.79. The number of aliphatic hydroxyl groups excluding tert-OH is 1. The fraction of sp³-hybridized carbons (Fsp3) is 0.727. The van der Waals surface area contributed by atoms with Crippen LogP contribution >= 0.6 is 0 Å².